The minimum Gasteiger partial charge on any atom is -0.375 e. The first-order valence-corrected chi connectivity index (χ1v) is 10.5. The molecule has 7 nitrogen and oxygen atoms in total. The molecular weight excluding hydrogens is 361 g/mol. The predicted molar refractivity (Wildman–Crippen MR) is 103 cm³/mol. The molecule has 0 bridgehead atoms. The molecule has 6 atom stereocenters. The molecule has 0 aromatic carbocycles. The number of halogens is 1. The van der Waals surface area contributed by atoms with E-state index in [2.05, 4.69) is 45.6 Å². The Bertz CT molecular complexity index is 718. The van der Waals surface area contributed by atoms with Crippen LogP contribution in [-0.2, 0) is 9.47 Å². The number of nitrogens with one attached hydrogen (secondary N) is 2. The van der Waals surface area contributed by atoms with Crippen LogP contribution in [0.5, 0.6) is 0 Å². The maximum Gasteiger partial charge on any atom is 0.132 e. The molecule has 0 radical (unpaired) electrons. The molecule has 2 aliphatic carbocycles. The lowest BCUT2D eigenvalue weighted by atomic mass is 9.78. The van der Waals surface area contributed by atoms with Gasteiger partial charge in [-0.3, -0.25) is 5.43 Å². The van der Waals surface area contributed by atoms with E-state index in [1.54, 1.807) is 6.33 Å². The van der Waals surface area contributed by atoms with Gasteiger partial charge >= 0.3 is 0 Å². The first-order chi connectivity index (χ1) is 13.5. The molecule has 3 heterocycles. The van der Waals surface area contributed by atoms with E-state index in [4.69, 9.17) is 9.47 Å². The Labute approximate surface area is 165 Å². The topological polar surface area (TPSA) is 71.5 Å². The summed E-state index contributed by atoms with van der Waals surface area (Å²) in [6.45, 7) is 6.55. The van der Waals surface area contributed by atoms with Crippen molar-refractivity contribution < 1.29 is 13.9 Å². The number of hydrogen-bond acceptors (Lipinski definition) is 7. The summed E-state index contributed by atoms with van der Waals surface area (Å²) in [7, 11) is 0. The zero-order chi connectivity index (χ0) is 19.3. The Morgan fingerprint density at radius 3 is 2.93 bits per heavy atom. The van der Waals surface area contributed by atoms with Gasteiger partial charge in [-0.15, -0.1) is 0 Å². The van der Waals surface area contributed by atoms with Crippen LogP contribution in [0.4, 0.5) is 10.2 Å². The molecular formula is C20H30FN5O2. The van der Waals surface area contributed by atoms with Gasteiger partial charge in [-0.25, -0.2) is 19.8 Å². The Morgan fingerprint density at radius 1 is 1.29 bits per heavy atom. The molecule has 2 saturated carbocycles. The van der Waals surface area contributed by atoms with Crippen molar-refractivity contribution in [2.45, 2.75) is 75.6 Å². The van der Waals surface area contributed by atoms with Gasteiger partial charge in [-0.2, -0.15) is 0 Å². The zero-order valence-corrected chi connectivity index (χ0v) is 16.6. The van der Waals surface area contributed by atoms with Gasteiger partial charge in [0, 0.05) is 31.1 Å². The fraction of sp³-hybridized carbons (Fsp3) is 0.800. The monoisotopic (exact) mass is 391 g/mol. The van der Waals surface area contributed by atoms with Crippen LogP contribution in [0.15, 0.2) is 12.4 Å². The van der Waals surface area contributed by atoms with Crippen LogP contribution in [0, 0.1) is 5.92 Å². The van der Waals surface area contributed by atoms with Crippen LogP contribution in [-0.4, -0.2) is 59.7 Å². The van der Waals surface area contributed by atoms with E-state index >= 15 is 0 Å². The third-order valence-electron chi connectivity index (χ3n) is 6.70. The molecule has 4 fully saturated rings. The number of hydrogen-bond donors (Lipinski definition) is 2. The maximum absolute atomic E-state index is 14.7. The highest BCUT2D eigenvalue weighted by Gasteiger charge is 2.50. The average Bonchev–Trinajstić information content (AvgIpc) is 3.27. The van der Waals surface area contributed by atoms with Crippen molar-refractivity contribution in [1.29, 1.82) is 0 Å². The minimum atomic E-state index is -0.914. The number of hydrazine groups is 1. The number of morpholine rings is 1. The van der Waals surface area contributed by atoms with E-state index in [1.165, 1.54) is 0 Å². The number of nitrogens with zero attached hydrogens (tertiary/aromatic N) is 3. The normalized spacial score (nSPS) is 39.6. The molecule has 2 N–H and O–H groups in total. The van der Waals surface area contributed by atoms with Crippen LogP contribution < -0.4 is 15.8 Å². The van der Waals surface area contributed by atoms with Crippen molar-refractivity contribution in [3.8, 4) is 0 Å². The molecule has 0 amide bonds. The van der Waals surface area contributed by atoms with E-state index < -0.39 is 6.17 Å². The SMILES string of the molecule is C[C@H]1CN(c2cc(C3NNC4CC(F)C(OC5(C)CC5)CC43)ncn2)CCO1. The van der Waals surface area contributed by atoms with Gasteiger partial charge in [0.1, 0.15) is 18.3 Å². The fourth-order valence-corrected chi connectivity index (χ4v) is 4.79. The molecule has 5 rings (SSSR count). The number of fused-ring (bicyclic) bond motifs is 1. The molecule has 154 valence electrons. The van der Waals surface area contributed by atoms with E-state index in [0.717, 1.165) is 37.4 Å². The van der Waals surface area contributed by atoms with Crippen LogP contribution in [0.25, 0.3) is 0 Å². The summed E-state index contributed by atoms with van der Waals surface area (Å²) < 4.78 is 26.5. The minimum absolute atomic E-state index is 0.0378. The highest BCUT2D eigenvalue weighted by molar-refractivity contribution is 5.40. The van der Waals surface area contributed by atoms with E-state index in [9.17, 15) is 4.39 Å². The molecule has 28 heavy (non-hydrogen) atoms. The summed E-state index contributed by atoms with van der Waals surface area (Å²) >= 11 is 0. The lowest BCUT2D eigenvalue weighted by molar-refractivity contribution is -0.0886. The fourth-order valence-electron chi connectivity index (χ4n) is 4.79. The second-order valence-corrected chi connectivity index (χ2v) is 9.06. The number of anilines is 1. The van der Waals surface area contributed by atoms with E-state index in [-0.39, 0.29) is 35.8 Å². The average molecular weight is 391 g/mol. The van der Waals surface area contributed by atoms with Crippen molar-refractivity contribution in [2.24, 2.45) is 5.92 Å². The lowest BCUT2D eigenvalue weighted by Gasteiger charge is -2.37. The molecule has 8 heteroatoms. The highest BCUT2D eigenvalue weighted by Crippen LogP contribution is 2.45. The van der Waals surface area contributed by atoms with Gasteiger partial charge in [-0.05, 0) is 39.5 Å². The quantitative estimate of drug-likeness (QED) is 0.812. The second kappa shape index (κ2) is 7.16. The smallest absolute Gasteiger partial charge is 0.132 e. The van der Waals surface area contributed by atoms with Gasteiger partial charge in [-0.1, -0.05) is 0 Å². The van der Waals surface area contributed by atoms with E-state index in [0.29, 0.717) is 19.4 Å². The summed E-state index contributed by atoms with van der Waals surface area (Å²) in [5.41, 5.74) is 7.52. The molecule has 4 aliphatic rings. The molecule has 0 spiro atoms. The van der Waals surface area contributed by atoms with Gasteiger partial charge in [0.05, 0.1) is 36.2 Å². The highest BCUT2D eigenvalue weighted by atomic mass is 19.1. The Hall–Kier alpha value is -1.35. The molecule has 1 aromatic heterocycles. The molecule has 2 aliphatic heterocycles. The standard InChI is InChI=1S/C20H30FN5O2/c1-12-10-26(5-6-27-12)18-9-16(22-11-23-18)19-13-7-17(28-20(2)3-4-20)14(21)8-15(13)24-25-19/h9,11-15,17,19,24-25H,3-8,10H2,1-2H3/t12-,13?,14?,15?,17?,19?/m0/s1. The van der Waals surface area contributed by atoms with Crippen LogP contribution >= 0.6 is 0 Å². The van der Waals surface area contributed by atoms with Crippen LogP contribution in [0.2, 0.25) is 0 Å². The maximum atomic E-state index is 14.7. The van der Waals surface area contributed by atoms with Crippen LogP contribution in [0.1, 0.15) is 51.3 Å². The lowest BCUT2D eigenvalue weighted by Crippen LogP contribution is -2.45. The Balaban J connectivity index is 1.33. The first-order valence-electron chi connectivity index (χ1n) is 10.5. The summed E-state index contributed by atoms with van der Waals surface area (Å²) in [6, 6.07) is 2.21. The first kappa shape index (κ1) is 18.7. The van der Waals surface area contributed by atoms with Crippen molar-refractivity contribution in [2.75, 3.05) is 24.6 Å². The molecule has 2 saturated heterocycles. The van der Waals surface area contributed by atoms with Gasteiger partial charge < -0.3 is 14.4 Å². The van der Waals surface area contributed by atoms with Crippen molar-refractivity contribution in [1.82, 2.24) is 20.8 Å². The van der Waals surface area contributed by atoms with Crippen molar-refractivity contribution >= 4 is 5.82 Å². The third-order valence-corrected chi connectivity index (χ3v) is 6.70. The second-order valence-electron chi connectivity index (χ2n) is 9.06. The number of rotatable bonds is 4. The number of aromatic nitrogens is 2. The van der Waals surface area contributed by atoms with Gasteiger partial charge in [0.25, 0.3) is 0 Å². The van der Waals surface area contributed by atoms with Crippen LogP contribution in [0.3, 0.4) is 0 Å². The van der Waals surface area contributed by atoms with Gasteiger partial charge in [0.15, 0.2) is 0 Å². The predicted octanol–water partition coefficient (Wildman–Crippen LogP) is 1.90. The summed E-state index contributed by atoms with van der Waals surface area (Å²) in [6.07, 6.45) is 3.87. The van der Waals surface area contributed by atoms with Crippen molar-refractivity contribution in [3.63, 3.8) is 0 Å². The Kier molecular flexibility index (Phi) is 4.77. The summed E-state index contributed by atoms with van der Waals surface area (Å²) in [4.78, 5) is 11.3. The summed E-state index contributed by atoms with van der Waals surface area (Å²) in [5, 5.41) is 0. The number of alkyl halides is 1. The zero-order valence-electron chi connectivity index (χ0n) is 16.6. The van der Waals surface area contributed by atoms with Gasteiger partial charge in [0.2, 0.25) is 0 Å². The summed E-state index contributed by atoms with van der Waals surface area (Å²) in [5.74, 6) is 1.19. The molecule has 1 aromatic rings. The van der Waals surface area contributed by atoms with E-state index in [1.807, 2.05) is 0 Å². The molecule has 5 unspecified atom stereocenters. The van der Waals surface area contributed by atoms with Crippen molar-refractivity contribution in [3.05, 3.63) is 18.1 Å². The number of ether oxygens (including phenoxy) is 2. The third kappa shape index (κ3) is 3.63. The Morgan fingerprint density at radius 2 is 2.14 bits per heavy atom. The largest absolute Gasteiger partial charge is 0.375 e.